The fraction of sp³-hybridized carbons (Fsp3) is 0.238. The van der Waals surface area contributed by atoms with Gasteiger partial charge in [-0.2, -0.15) is 4.98 Å². The van der Waals surface area contributed by atoms with E-state index in [9.17, 15) is 0 Å². The van der Waals surface area contributed by atoms with Crippen LogP contribution in [0.25, 0.3) is 23.0 Å². The Morgan fingerprint density at radius 2 is 1.97 bits per heavy atom. The maximum atomic E-state index is 6.07. The Morgan fingerprint density at radius 3 is 2.83 bits per heavy atom. The molecule has 5 rings (SSSR count). The summed E-state index contributed by atoms with van der Waals surface area (Å²) in [6, 6.07) is 15.3. The Kier molecular flexibility index (Phi) is 4.64. The molecule has 0 bridgehead atoms. The maximum absolute atomic E-state index is 6.07. The van der Waals surface area contributed by atoms with Gasteiger partial charge in [0.25, 0.3) is 5.89 Å². The van der Waals surface area contributed by atoms with Crippen LogP contribution < -0.4 is 9.47 Å². The van der Waals surface area contributed by atoms with Gasteiger partial charge in [0.1, 0.15) is 17.6 Å². The second-order valence-corrected chi connectivity index (χ2v) is 6.77. The molecule has 3 heterocycles. The number of para-hydroxylation sites is 1. The van der Waals surface area contributed by atoms with Gasteiger partial charge in [-0.25, -0.2) is 4.68 Å². The number of benzene rings is 2. The molecule has 0 spiro atoms. The third kappa shape index (κ3) is 3.18. The lowest BCUT2D eigenvalue weighted by Crippen LogP contribution is -2.22. The first-order valence-corrected chi connectivity index (χ1v) is 9.42. The molecule has 2 aromatic heterocycles. The summed E-state index contributed by atoms with van der Waals surface area (Å²) in [4.78, 5) is 4.49. The van der Waals surface area contributed by atoms with Gasteiger partial charge in [-0.15, -0.1) is 5.10 Å². The molecule has 9 nitrogen and oxygen atoms in total. The van der Waals surface area contributed by atoms with Gasteiger partial charge in [0.2, 0.25) is 5.82 Å². The monoisotopic (exact) mass is 405 g/mol. The number of aromatic nitrogens is 5. The third-order valence-electron chi connectivity index (χ3n) is 5.04. The van der Waals surface area contributed by atoms with Gasteiger partial charge in [-0.05, 0) is 29.8 Å². The minimum absolute atomic E-state index is 0.144. The Labute approximate surface area is 172 Å². The van der Waals surface area contributed by atoms with E-state index in [4.69, 9.17) is 18.7 Å². The number of hydrogen-bond acceptors (Lipinski definition) is 8. The van der Waals surface area contributed by atoms with E-state index >= 15 is 0 Å². The molecule has 1 aliphatic rings. The smallest absolute Gasteiger partial charge is 0.280 e. The highest BCUT2D eigenvalue weighted by Crippen LogP contribution is 2.33. The minimum atomic E-state index is -0.144. The van der Waals surface area contributed by atoms with E-state index in [1.54, 1.807) is 14.2 Å². The highest BCUT2D eigenvalue weighted by atomic mass is 16.5. The minimum Gasteiger partial charge on any atom is -0.497 e. The van der Waals surface area contributed by atoms with E-state index in [1.165, 1.54) is 0 Å². The molecule has 9 heteroatoms. The van der Waals surface area contributed by atoms with Crippen molar-refractivity contribution < 1.29 is 18.7 Å². The van der Waals surface area contributed by atoms with Gasteiger partial charge in [0, 0.05) is 0 Å². The average Bonchev–Trinajstić information content (AvgIpc) is 3.45. The van der Waals surface area contributed by atoms with E-state index in [-0.39, 0.29) is 6.10 Å². The standard InChI is InChI=1S/C21H19N5O4/c1-27-14-7-5-6-13(10-14)18-11-26-16(12-29-18)19(23-25-26)21-22-20(24-30-21)15-8-3-4-9-17(15)28-2/h3-10,18H,11-12H2,1-2H3/t18-/m1/s1. The summed E-state index contributed by atoms with van der Waals surface area (Å²) < 4.78 is 24.0. The summed E-state index contributed by atoms with van der Waals surface area (Å²) in [5.41, 5.74) is 3.08. The van der Waals surface area contributed by atoms with Gasteiger partial charge >= 0.3 is 0 Å². The maximum Gasteiger partial charge on any atom is 0.280 e. The van der Waals surface area contributed by atoms with Crippen LogP contribution in [-0.2, 0) is 17.9 Å². The van der Waals surface area contributed by atoms with Crippen molar-refractivity contribution in [2.45, 2.75) is 19.3 Å². The molecule has 0 radical (unpaired) electrons. The van der Waals surface area contributed by atoms with Crippen LogP contribution in [-0.4, -0.2) is 39.4 Å². The Morgan fingerprint density at radius 1 is 1.07 bits per heavy atom. The zero-order valence-electron chi connectivity index (χ0n) is 16.5. The molecule has 0 unspecified atom stereocenters. The molecule has 0 N–H and O–H groups in total. The molecule has 1 aliphatic heterocycles. The number of fused-ring (bicyclic) bond motifs is 1. The average molecular weight is 405 g/mol. The fourth-order valence-corrected chi connectivity index (χ4v) is 3.48. The van der Waals surface area contributed by atoms with Crippen LogP contribution in [0.3, 0.4) is 0 Å². The molecule has 30 heavy (non-hydrogen) atoms. The first-order valence-electron chi connectivity index (χ1n) is 9.42. The summed E-state index contributed by atoms with van der Waals surface area (Å²) in [6.45, 7) is 0.861. The van der Waals surface area contributed by atoms with E-state index in [0.717, 1.165) is 22.6 Å². The van der Waals surface area contributed by atoms with Crippen molar-refractivity contribution in [1.82, 2.24) is 25.1 Å². The summed E-state index contributed by atoms with van der Waals surface area (Å²) in [7, 11) is 3.25. The van der Waals surface area contributed by atoms with Crippen molar-refractivity contribution in [1.29, 1.82) is 0 Å². The Balaban J connectivity index is 1.42. The van der Waals surface area contributed by atoms with E-state index < -0.39 is 0 Å². The quantitative estimate of drug-likeness (QED) is 0.499. The fourth-order valence-electron chi connectivity index (χ4n) is 3.48. The first kappa shape index (κ1) is 18.3. The molecule has 0 aliphatic carbocycles. The predicted molar refractivity (Wildman–Crippen MR) is 106 cm³/mol. The topological polar surface area (TPSA) is 97.3 Å². The van der Waals surface area contributed by atoms with Crippen LogP contribution in [0.2, 0.25) is 0 Å². The zero-order chi connectivity index (χ0) is 20.5. The predicted octanol–water partition coefficient (Wildman–Crippen LogP) is 3.28. The van der Waals surface area contributed by atoms with Crippen LogP contribution in [0.15, 0.2) is 53.1 Å². The Bertz CT molecular complexity index is 1190. The zero-order valence-corrected chi connectivity index (χ0v) is 16.5. The molecule has 4 aromatic rings. The van der Waals surface area contributed by atoms with Crippen LogP contribution in [0.5, 0.6) is 11.5 Å². The second-order valence-electron chi connectivity index (χ2n) is 6.77. The van der Waals surface area contributed by atoms with E-state index in [0.29, 0.717) is 36.3 Å². The Hall–Kier alpha value is -3.72. The van der Waals surface area contributed by atoms with E-state index in [2.05, 4.69) is 20.5 Å². The summed E-state index contributed by atoms with van der Waals surface area (Å²) >= 11 is 0. The largest absolute Gasteiger partial charge is 0.497 e. The van der Waals surface area contributed by atoms with Crippen molar-refractivity contribution in [2.24, 2.45) is 0 Å². The third-order valence-corrected chi connectivity index (χ3v) is 5.04. The second kappa shape index (κ2) is 7.60. The summed E-state index contributed by atoms with van der Waals surface area (Å²) in [5.74, 6) is 2.17. The van der Waals surface area contributed by atoms with Crippen molar-refractivity contribution in [3.8, 4) is 34.5 Å². The van der Waals surface area contributed by atoms with Gasteiger partial charge in [-0.1, -0.05) is 34.6 Å². The first-order chi connectivity index (χ1) is 14.8. The molecule has 0 saturated heterocycles. The SMILES string of the molecule is COc1cccc([C@H]2Cn3nnc(-c4nc(-c5ccccc5OC)no4)c3CO2)c1. The molecular formula is C21H19N5O4. The van der Waals surface area contributed by atoms with Crippen LogP contribution in [0.1, 0.15) is 17.4 Å². The van der Waals surface area contributed by atoms with Crippen molar-refractivity contribution in [3.05, 3.63) is 59.8 Å². The number of ether oxygens (including phenoxy) is 3. The molecule has 0 fully saturated rings. The molecule has 1 atom stereocenters. The normalized spacial score (nSPS) is 15.6. The highest BCUT2D eigenvalue weighted by Gasteiger charge is 2.28. The van der Waals surface area contributed by atoms with Gasteiger partial charge in [0.05, 0.1) is 38.6 Å². The van der Waals surface area contributed by atoms with Gasteiger partial charge in [-0.3, -0.25) is 0 Å². The van der Waals surface area contributed by atoms with Crippen LogP contribution >= 0.6 is 0 Å². The molecule has 0 saturated carbocycles. The molecule has 2 aromatic carbocycles. The van der Waals surface area contributed by atoms with Crippen LogP contribution in [0, 0.1) is 0 Å². The lowest BCUT2D eigenvalue weighted by molar-refractivity contribution is -0.00127. The molecular weight excluding hydrogens is 386 g/mol. The van der Waals surface area contributed by atoms with Crippen molar-refractivity contribution >= 4 is 0 Å². The highest BCUT2D eigenvalue weighted by molar-refractivity contribution is 5.65. The molecule has 152 valence electrons. The van der Waals surface area contributed by atoms with Gasteiger partial charge < -0.3 is 18.7 Å². The number of rotatable bonds is 5. The van der Waals surface area contributed by atoms with E-state index in [1.807, 2.05) is 53.2 Å². The summed E-state index contributed by atoms with van der Waals surface area (Å²) in [6.07, 6.45) is -0.144. The number of nitrogens with zero attached hydrogens (tertiary/aromatic N) is 5. The van der Waals surface area contributed by atoms with Crippen molar-refractivity contribution in [2.75, 3.05) is 14.2 Å². The number of methoxy groups -OCH3 is 2. The van der Waals surface area contributed by atoms with Gasteiger partial charge in [0.15, 0.2) is 5.69 Å². The number of hydrogen-bond donors (Lipinski definition) is 0. The lowest BCUT2D eigenvalue weighted by atomic mass is 10.1. The summed E-state index contributed by atoms with van der Waals surface area (Å²) in [5, 5.41) is 12.6. The lowest BCUT2D eigenvalue weighted by Gasteiger charge is -2.24. The van der Waals surface area contributed by atoms with Crippen molar-refractivity contribution in [3.63, 3.8) is 0 Å². The molecule has 0 amide bonds. The van der Waals surface area contributed by atoms with Crippen LogP contribution in [0.4, 0.5) is 0 Å².